The van der Waals surface area contributed by atoms with E-state index in [2.05, 4.69) is 26.1 Å². The minimum Gasteiger partial charge on any atom is -0.444 e. The summed E-state index contributed by atoms with van der Waals surface area (Å²) in [6.07, 6.45) is 3.87. The Morgan fingerprint density at radius 3 is 1.73 bits per heavy atom. The van der Waals surface area contributed by atoms with Gasteiger partial charge in [-0.1, -0.05) is 114 Å². The van der Waals surface area contributed by atoms with Gasteiger partial charge < -0.3 is 25.1 Å². The maximum absolute atomic E-state index is 14.0. The quantitative estimate of drug-likeness (QED) is 0.0514. The predicted octanol–water partition coefficient (Wildman–Crippen LogP) is 8.62. The van der Waals surface area contributed by atoms with Crippen molar-refractivity contribution in [3.05, 3.63) is 70.9 Å². The van der Waals surface area contributed by atoms with Crippen molar-refractivity contribution in [2.45, 2.75) is 144 Å². The number of nitrogens with one attached hydrogen (secondary N) is 3. The average molecular weight is 879 g/mol. The number of aromatic nitrogens is 2. The number of unbranched alkanes of at least 4 members (excludes halogenated alkanes) is 4. The predicted molar refractivity (Wildman–Crippen MR) is 237 cm³/mol. The van der Waals surface area contributed by atoms with Crippen LogP contribution in [0, 0.1) is 24.7 Å². The van der Waals surface area contributed by atoms with Gasteiger partial charge >= 0.3 is 6.09 Å². The largest absolute Gasteiger partial charge is 0.444 e. The Morgan fingerprint density at radius 2 is 1.23 bits per heavy atom. The van der Waals surface area contributed by atoms with E-state index in [0.717, 1.165) is 36.8 Å². The zero-order valence-electron chi connectivity index (χ0n) is 37.4. The van der Waals surface area contributed by atoms with Gasteiger partial charge in [0.15, 0.2) is 17.3 Å². The average Bonchev–Trinajstić information content (AvgIpc) is 3.66. The molecule has 3 amide bonds. The topological polar surface area (TPSA) is 204 Å². The second-order valence-electron chi connectivity index (χ2n) is 17.0. The molecule has 0 bridgehead atoms. The van der Waals surface area contributed by atoms with Crippen molar-refractivity contribution in [3.63, 3.8) is 0 Å². The SMILES string of the molecule is CCCCC[C@H](NC(=O)[C@H](CNC(=O)OC(C)(C)C)CC(=O)c1ccc(-c2ccc(Cl)cc2)cc1)C(=O)C[C@@H](C)C(=O)N[C@@H](CCCCC)C(=O)C[C@@H](C)C(=O)c1nnc(C)o1. The molecule has 2 aromatic carbocycles. The number of hydrogen-bond donors (Lipinski definition) is 3. The van der Waals surface area contributed by atoms with Crippen molar-refractivity contribution in [1.82, 2.24) is 26.1 Å². The summed E-state index contributed by atoms with van der Waals surface area (Å²) in [4.78, 5) is 94.3. The van der Waals surface area contributed by atoms with Crippen LogP contribution >= 0.6 is 11.6 Å². The van der Waals surface area contributed by atoms with Crippen LogP contribution in [0.3, 0.4) is 0 Å². The lowest BCUT2D eigenvalue weighted by Gasteiger charge is -2.25. The third-order valence-corrected chi connectivity index (χ3v) is 10.6. The van der Waals surface area contributed by atoms with Gasteiger partial charge in [-0.25, -0.2) is 4.79 Å². The van der Waals surface area contributed by atoms with Crippen molar-refractivity contribution in [2.75, 3.05) is 6.54 Å². The van der Waals surface area contributed by atoms with Gasteiger partial charge in [-0.15, -0.1) is 10.2 Å². The van der Waals surface area contributed by atoms with Crippen molar-refractivity contribution in [3.8, 4) is 11.1 Å². The number of rotatable bonds is 26. The monoisotopic (exact) mass is 877 g/mol. The van der Waals surface area contributed by atoms with Gasteiger partial charge in [0.2, 0.25) is 23.5 Å². The molecule has 62 heavy (non-hydrogen) atoms. The second-order valence-corrected chi connectivity index (χ2v) is 17.5. The van der Waals surface area contributed by atoms with Crippen LogP contribution in [0.25, 0.3) is 11.1 Å². The molecule has 14 nitrogen and oxygen atoms in total. The highest BCUT2D eigenvalue weighted by Gasteiger charge is 2.32. The van der Waals surface area contributed by atoms with E-state index in [1.807, 2.05) is 26.0 Å². The van der Waals surface area contributed by atoms with Gasteiger partial charge in [-0.2, -0.15) is 0 Å². The third-order valence-electron chi connectivity index (χ3n) is 10.3. The van der Waals surface area contributed by atoms with Gasteiger partial charge in [0.25, 0.3) is 5.89 Å². The first-order valence-electron chi connectivity index (χ1n) is 21.7. The molecule has 0 saturated heterocycles. The zero-order chi connectivity index (χ0) is 46.0. The van der Waals surface area contributed by atoms with Gasteiger partial charge in [-0.3, -0.25) is 28.8 Å². The minimum absolute atomic E-state index is 0.155. The summed E-state index contributed by atoms with van der Waals surface area (Å²) in [5.41, 5.74) is 1.34. The van der Waals surface area contributed by atoms with Gasteiger partial charge in [0.05, 0.1) is 18.0 Å². The molecule has 3 N–H and O–H groups in total. The van der Waals surface area contributed by atoms with E-state index < -0.39 is 59.1 Å². The number of benzene rings is 2. The molecule has 3 aromatic rings. The number of halogens is 1. The number of ether oxygens (including phenoxy) is 1. The number of ketones is 4. The molecule has 5 atom stereocenters. The fourth-order valence-electron chi connectivity index (χ4n) is 6.72. The molecule has 0 spiro atoms. The van der Waals surface area contributed by atoms with Crippen LogP contribution in [0.2, 0.25) is 5.02 Å². The zero-order valence-corrected chi connectivity index (χ0v) is 38.2. The molecular weight excluding hydrogens is 814 g/mol. The molecule has 15 heteroatoms. The van der Waals surface area contributed by atoms with E-state index in [9.17, 15) is 33.6 Å². The van der Waals surface area contributed by atoms with Crippen molar-refractivity contribution in [1.29, 1.82) is 0 Å². The molecule has 0 aliphatic rings. The first-order valence-corrected chi connectivity index (χ1v) is 22.1. The smallest absolute Gasteiger partial charge is 0.407 e. The highest BCUT2D eigenvalue weighted by Crippen LogP contribution is 2.24. The maximum Gasteiger partial charge on any atom is 0.407 e. The number of alkyl carbamates (subject to hydrolysis) is 1. The number of aryl methyl sites for hydroxylation is 1. The molecule has 0 aliphatic carbocycles. The van der Waals surface area contributed by atoms with E-state index in [1.54, 1.807) is 77.9 Å². The number of nitrogens with zero attached hydrogens (tertiary/aromatic N) is 2. The minimum atomic E-state index is -1.07. The van der Waals surface area contributed by atoms with Crippen LogP contribution in [-0.4, -0.2) is 75.5 Å². The molecule has 0 radical (unpaired) electrons. The molecule has 3 rings (SSSR count). The van der Waals surface area contributed by atoms with E-state index in [4.69, 9.17) is 20.8 Å². The number of carbonyl (C=O) groups excluding carboxylic acids is 7. The van der Waals surface area contributed by atoms with Gasteiger partial charge in [-0.05, 0) is 56.9 Å². The first-order chi connectivity index (χ1) is 29.3. The molecule has 0 unspecified atom stereocenters. The Labute approximate surface area is 370 Å². The van der Waals surface area contributed by atoms with E-state index >= 15 is 0 Å². The third kappa shape index (κ3) is 17.3. The standard InChI is InChI=1S/C47H64ClN5O9/c1-9-11-13-15-37(40(55)25-29(3)42(57)45-53-52-31(5)61-45)50-43(58)30(4)26-41(56)38(16-14-12-10-2)51-44(59)35(28-49-46(60)62-47(6,7)8)27-39(54)34-19-17-32(18-20-34)33-21-23-36(48)24-22-33/h17-24,29-30,35,37-38H,9-16,25-28H2,1-8H3,(H,49,60)(H,50,58)(H,51,59)/t29-,30-,35+,37+,38+/m1/s1. The van der Waals surface area contributed by atoms with Crippen molar-refractivity contribution < 1.29 is 42.7 Å². The van der Waals surface area contributed by atoms with Crippen LogP contribution in [-0.2, 0) is 23.9 Å². The van der Waals surface area contributed by atoms with Crippen LogP contribution in [0.4, 0.5) is 4.79 Å². The molecule has 0 fully saturated rings. The lowest BCUT2D eigenvalue weighted by Crippen LogP contribution is -2.48. The maximum atomic E-state index is 14.0. The number of amides is 3. The summed E-state index contributed by atoms with van der Waals surface area (Å²) in [6.45, 7) is 13.6. The lowest BCUT2D eigenvalue weighted by atomic mass is 9.92. The fourth-order valence-corrected chi connectivity index (χ4v) is 6.84. The Morgan fingerprint density at radius 1 is 0.710 bits per heavy atom. The second kappa shape index (κ2) is 25.0. The van der Waals surface area contributed by atoms with E-state index in [0.29, 0.717) is 36.3 Å². The van der Waals surface area contributed by atoms with Crippen molar-refractivity contribution >= 4 is 52.6 Å². The molecule has 0 saturated carbocycles. The van der Waals surface area contributed by atoms with Gasteiger partial charge in [0, 0.05) is 55.2 Å². The summed E-state index contributed by atoms with van der Waals surface area (Å²) in [6, 6.07) is 12.4. The number of Topliss-reactive ketones (excluding diaryl/α,β-unsaturated/α-hetero) is 4. The summed E-state index contributed by atoms with van der Waals surface area (Å²) in [5.74, 6) is -5.29. The van der Waals surface area contributed by atoms with Crippen LogP contribution in [0.5, 0.6) is 0 Å². The Hall–Kier alpha value is -5.24. The normalized spacial score (nSPS) is 13.8. The number of hydrogen-bond acceptors (Lipinski definition) is 11. The summed E-state index contributed by atoms with van der Waals surface area (Å²) in [5, 5.41) is 16.3. The van der Waals surface area contributed by atoms with Crippen LogP contribution < -0.4 is 16.0 Å². The van der Waals surface area contributed by atoms with E-state index in [1.165, 1.54) is 0 Å². The number of carbonyl (C=O) groups is 7. The molecule has 338 valence electrons. The summed E-state index contributed by atoms with van der Waals surface area (Å²) in [7, 11) is 0. The lowest BCUT2D eigenvalue weighted by molar-refractivity contribution is -0.134. The highest BCUT2D eigenvalue weighted by atomic mass is 35.5. The highest BCUT2D eigenvalue weighted by molar-refractivity contribution is 6.30. The van der Waals surface area contributed by atoms with Crippen LogP contribution in [0.15, 0.2) is 52.9 Å². The molecule has 0 aliphatic heterocycles. The first kappa shape index (κ1) is 51.1. The fraction of sp³-hybridized carbons (Fsp3) is 0.553. The Balaban J connectivity index is 1.75. The van der Waals surface area contributed by atoms with Gasteiger partial charge in [0.1, 0.15) is 5.60 Å². The molecular formula is C47H64ClN5O9. The Bertz CT molecular complexity index is 1970. The molecule has 1 aromatic heterocycles. The summed E-state index contributed by atoms with van der Waals surface area (Å²) < 4.78 is 10.6. The van der Waals surface area contributed by atoms with E-state index in [-0.39, 0.29) is 54.9 Å². The molecule has 1 heterocycles. The summed E-state index contributed by atoms with van der Waals surface area (Å²) >= 11 is 6.04. The Kier molecular flexibility index (Phi) is 20.6. The van der Waals surface area contributed by atoms with Crippen LogP contribution in [0.1, 0.15) is 146 Å². The van der Waals surface area contributed by atoms with Crippen molar-refractivity contribution in [2.24, 2.45) is 17.8 Å².